The van der Waals surface area contributed by atoms with Crippen molar-refractivity contribution in [1.29, 1.82) is 0 Å². The predicted octanol–water partition coefficient (Wildman–Crippen LogP) is 2.93. The molecule has 1 aliphatic rings. The van der Waals surface area contributed by atoms with Crippen LogP contribution >= 0.6 is 0 Å². The Balaban J connectivity index is 2.21. The lowest BCUT2D eigenvalue weighted by molar-refractivity contribution is -0.0330. The molecular formula is C12H14F2O. The lowest BCUT2D eigenvalue weighted by Crippen LogP contribution is -2.17. The molecule has 82 valence electrons. The van der Waals surface area contributed by atoms with Gasteiger partial charge in [-0.15, -0.1) is 0 Å². The van der Waals surface area contributed by atoms with E-state index in [0.29, 0.717) is 12.0 Å². The van der Waals surface area contributed by atoms with E-state index in [1.807, 2.05) is 6.92 Å². The third-order valence-electron chi connectivity index (χ3n) is 3.10. The summed E-state index contributed by atoms with van der Waals surface area (Å²) < 4.78 is 27.5. The number of aliphatic hydroxyl groups excluding tert-OH is 1. The van der Waals surface area contributed by atoms with E-state index in [-0.39, 0.29) is 18.1 Å². The fourth-order valence-corrected chi connectivity index (χ4v) is 1.87. The predicted molar refractivity (Wildman–Crippen MR) is 53.5 cm³/mol. The number of hydrogen-bond acceptors (Lipinski definition) is 1. The van der Waals surface area contributed by atoms with Crippen LogP contribution in [0.4, 0.5) is 8.78 Å². The van der Waals surface area contributed by atoms with Crippen molar-refractivity contribution < 1.29 is 13.9 Å². The molecular weight excluding hydrogens is 198 g/mol. The molecule has 2 rings (SSSR count). The summed E-state index contributed by atoms with van der Waals surface area (Å²) in [6, 6.07) is 5.93. The Bertz CT molecular complexity index is 345. The summed E-state index contributed by atoms with van der Waals surface area (Å²) in [5.41, 5.74) is 0.729. The van der Waals surface area contributed by atoms with Gasteiger partial charge in [0.25, 0.3) is 5.92 Å². The first-order valence-corrected chi connectivity index (χ1v) is 5.13. The van der Waals surface area contributed by atoms with Gasteiger partial charge in [0, 0.05) is 11.5 Å². The van der Waals surface area contributed by atoms with Gasteiger partial charge in [0.15, 0.2) is 0 Å². The third kappa shape index (κ3) is 1.88. The minimum atomic E-state index is -2.71. The number of rotatable bonds is 3. The van der Waals surface area contributed by atoms with Crippen molar-refractivity contribution in [3.8, 4) is 0 Å². The van der Waals surface area contributed by atoms with Gasteiger partial charge in [-0.2, -0.15) is 0 Å². The molecule has 1 saturated carbocycles. The van der Waals surface area contributed by atoms with Crippen LogP contribution < -0.4 is 0 Å². The Morgan fingerprint density at radius 1 is 1.33 bits per heavy atom. The van der Waals surface area contributed by atoms with E-state index in [1.54, 1.807) is 12.1 Å². The van der Waals surface area contributed by atoms with Gasteiger partial charge in [-0.1, -0.05) is 31.2 Å². The first-order chi connectivity index (χ1) is 7.05. The molecule has 1 unspecified atom stereocenters. The van der Waals surface area contributed by atoms with Crippen LogP contribution in [-0.2, 0) is 12.5 Å². The average molecular weight is 212 g/mol. The highest BCUT2D eigenvalue weighted by atomic mass is 19.3. The Labute approximate surface area is 87.7 Å². The molecule has 0 saturated heterocycles. The Morgan fingerprint density at radius 3 is 2.27 bits per heavy atom. The van der Waals surface area contributed by atoms with Crippen LogP contribution in [0.15, 0.2) is 24.3 Å². The second kappa shape index (κ2) is 3.56. The molecule has 2 atom stereocenters. The molecule has 0 spiro atoms. The quantitative estimate of drug-likeness (QED) is 0.816. The van der Waals surface area contributed by atoms with Crippen LogP contribution in [0.5, 0.6) is 0 Å². The number of halogens is 2. The number of aliphatic hydroxyl groups is 1. The standard InChI is InChI=1S/C12H14F2O/c1-8-6-11(8)12(13,14)10-4-2-9(7-15)3-5-10/h2-5,8,11,15H,6-7H2,1H3/t8?,11-/m0/s1. The zero-order valence-electron chi connectivity index (χ0n) is 8.58. The van der Waals surface area contributed by atoms with Crippen LogP contribution in [0, 0.1) is 11.8 Å². The van der Waals surface area contributed by atoms with E-state index < -0.39 is 11.8 Å². The van der Waals surface area contributed by atoms with Crippen molar-refractivity contribution in [3.05, 3.63) is 35.4 Å². The van der Waals surface area contributed by atoms with E-state index >= 15 is 0 Å². The second-order valence-electron chi connectivity index (χ2n) is 4.30. The molecule has 0 bridgehead atoms. The molecule has 1 N–H and O–H groups in total. The van der Waals surface area contributed by atoms with Gasteiger partial charge in [0.2, 0.25) is 0 Å². The lowest BCUT2D eigenvalue weighted by Gasteiger charge is -2.16. The summed E-state index contributed by atoms with van der Waals surface area (Å²) in [4.78, 5) is 0. The summed E-state index contributed by atoms with van der Waals surface area (Å²) in [5.74, 6) is -3.09. The topological polar surface area (TPSA) is 20.2 Å². The maximum absolute atomic E-state index is 13.8. The normalized spacial score (nSPS) is 25.3. The molecule has 0 aliphatic heterocycles. The van der Waals surface area contributed by atoms with Crippen LogP contribution in [0.1, 0.15) is 24.5 Å². The van der Waals surface area contributed by atoms with Gasteiger partial charge in [-0.3, -0.25) is 0 Å². The summed E-state index contributed by atoms with van der Waals surface area (Å²) >= 11 is 0. The molecule has 0 aromatic heterocycles. The minimum absolute atomic E-state index is 0.0639. The van der Waals surface area contributed by atoms with Gasteiger partial charge in [-0.05, 0) is 17.9 Å². The van der Waals surface area contributed by atoms with E-state index in [2.05, 4.69) is 0 Å². The van der Waals surface area contributed by atoms with Crippen LogP contribution in [-0.4, -0.2) is 5.11 Å². The van der Waals surface area contributed by atoms with Crippen LogP contribution in [0.3, 0.4) is 0 Å². The number of benzene rings is 1. The fourth-order valence-electron chi connectivity index (χ4n) is 1.87. The molecule has 1 aromatic rings. The Hall–Kier alpha value is -0.960. The highest BCUT2D eigenvalue weighted by molar-refractivity contribution is 5.27. The van der Waals surface area contributed by atoms with Crippen molar-refractivity contribution >= 4 is 0 Å². The monoisotopic (exact) mass is 212 g/mol. The molecule has 3 heteroatoms. The summed E-state index contributed by atoms with van der Waals surface area (Å²) in [6.45, 7) is 1.74. The molecule has 1 fully saturated rings. The maximum Gasteiger partial charge on any atom is 0.276 e. The van der Waals surface area contributed by atoms with Crippen LogP contribution in [0.2, 0.25) is 0 Å². The SMILES string of the molecule is CC1C[C@@H]1C(F)(F)c1ccc(CO)cc1. The minimum Gasteiger partial charge on any atom is -0.392 e. The zero-order chi connectivity index (χ0) is 11.1. The highest BCUT2D eigenvalue weighted by Gasteiger charge is 2.53. The maximum atomic E-state index is 13.8. The largest absolute Gasteiger partial charge is 0.392 e. The summed E-state index contributed by atoms with van der Waals surface area (Å²) in [6.07, 6.45) is 0.606. The molecule has 0 heterocycles. The Morgan fingerprint density at radius 2 is 1.87 bits per heavy atom. The van der Waals surface area contributed by atoms with Gasteiger partial charge < -0.3 is 5.11 Å². The van der Waals surface area contributed by atoms with Crippen molar-refractivity contribution in [3.63, 3.8) is 0 Å². The summed E-state index contributed by atoms with van der Waals surface area (Å²) in [7, 11) is 0. The Kier molecular flexibility index (Phi) is 2.51. The van der Waals surface area contributed by atoms with Crippen molar-refractivity contribution in [2.45, 2.75) is 25.9 Å². The lowest BCUT2D eigenvalue weighted by atomic mass is 10.0. The van der Waals surface area contributed by atoms with Crippen molar-refractivity contribution in [2.24, 2.45) is 11.8 Å². The highest BCUT2D eigenvalue weighted by Crippen LogP contribution is 2.53. The third-order valence-corrected chi connectivity index (χ3v) is 3.10. The first kappa shape index (κ1) is 10.6. The molecule has 0 radical (unpaired) electrons. The molecule has 15 heavy (non-hydrogen) atoms. The van der Waals surface area contributed by atoms with Crippen molar-refractivity contribution in [2.75, 3.05) is 0 Å². The van der Waals surface area contributed by atoms with E-state index in [0.717, 1.165) is 0 Å². The molecule has 1 nitrogen and oxygen atoms in total. The van der Waals surface area contributed by atoms with Crippen LogP contribution in [0.25, 0.3) is 0 Å². The fraction of sp³-hybridized carbons (Fsp3) is 0.500. The van der Waals surface area contributed by atoms with Gasteiger partial charge in [-0.25, -0.2) is 8.78 Å². The smallest absolute Gasteiger partial charge is 0.276 e. The van der Waals surface area contributed by atoms with E-state index in [4.69, 9.17) is 5.11 Å². The summed E-state index contributed by atoms with van der Waals surface area (Å²) in [5, 5.41) is 8.81. The van der Waals surface area contributed by atoms with Gasteiger partial charge in [0.1, 0.15) is 0 Å². The molecule has 0 amide bonds. The van der Waals surface area contributed by atoms with Crippen molar-refractivity contribution in [1.82, 2.24) is 0 Å². The van der Waals surface area contributed by atoms with E-state index in [1.165, 1.54) is 12.1 Å². The number of alkyl halides is 2. The van der Waals surface area contributed by atoms with Gasteiger partial charge in [0.05, 0.1) is 6.61 Å². The first-order valence-electron chi connectivity index (χ1n) is 5.13. The zero-order valence-corrected chi connectivity index (χ0v) is 8.58. The second-order valence-corrected chi connectivity index (χ2v) is 4.30. The molecule has 1 aliphatic carbocycles. The van der Waals surface area contributed by atoms with E-state index in [9.17, 15) is 8.78 Å². The van der Waals surface area contributed by atoms with Gasteiger partial charge >= 0.3 is 0 Å². The number of hydrogen-bond donors (Lipinski definition) is 1. The average Bonchev–Trinajstić information content (AvgIpc) is 2.96. The molecule has 1 aromatic carbocycles.